The molecule has 0 unspecified atom stereocenters. The molecule has 2 aromatic heterocycles. The fourth-order valence-corrected chi connectivity index (χ4v) is 7.27. The quantitative estimate of drug-likeness (QED) is 0.313. The highest BCUT2D eigenvalue weighted by molar-refractivity contribution is 7.98. The standard InChI is InChI=1S/C30H35N7S2/c1-21-7-9-23(10-8-21)29-35-24(19-38-29)20-39-30-26(18-32)27(22-5-3-2-4-6-22)25(17-31)28(36-30)34-13-16-37-14-11-33-12-15-37/h7-10,19,22,33H,2-6,11-16,20H2,1H3,(H,34,36). The topological polar surface area (TPSA) is 101 Å². The molecule has 9 heteroatoms. The molecule has 0 bridgehead atoms. The van der Waals surface area contributed by atoms with Gasteiger partial charge in [0.25, 0.3) is 0 Å². The van der Waals surface area contributed by atoms with Gasteiger partial charge in [-0.2, -0.15) is 10.5 Å². The van der Waals surface area contributed by atoms with Crippen molar-refractivity contribution in [2.75, 3.05) is 44.6 Å². The lowest BCUT2D eigenvalue weighted by molar-refractivity contribution is 0.249. The summed E-state index contributed by atoms with van der Waals surface area (Å²) in [4.78, 5) is 12.2. The second-order valence-corrected chi connectivity index (χ2v) is 12.1. The van der Waals surface area contributed by atoms with E-state index in [-0.39, 0.29) is 5.92 Å². The van der Waals surface area contributed by atoms with Crippen LogP contribution in [0.4, 0.5) is 5.82 Å². The average Bonchev–Trinajstić information content (AvgIpc) is 3.46. The third-order valence-electron chi connectivity index (χ3n) is 7.58. The smallest absolute Gasteiger partial charge is 0.145 e. The minimum Gasteiger partial charge on any atom is -0.368 e. The number of aryl methyl sites for hydroxylation is 1. The Balaban J connectivity index is 1.40. The zero-order chi connectivity index (χ0) is 27.0. The number of nitrogens with zero attached hydrogens (tertiary/aromatic N) is 5. The van der Waals surface area contributed by atoms with Crippen molar-refractivity contribution in [2.45, 2.75) is 55.7 Å². The molecule has 2 fully saturated rings. The maximum Gasteiger partial charge on any atom is 0.145 e. The van der Waals surface area contributed by atoms with Gasteiger partial charge in [0, 0.05) is 56.0 Å². The van der Waals surface area contributed by atoms with Crippen molar-refractivity contribution < 1.29 is 0 Å². The van der Waals surface area contributed by atoms with Gasteiger partial charge in [0.15, 0.2) is 0 Å². The Morgan fingerprint density at radius 1 is 1.05 bits per heavy atom. The number of benzene rings is 1. The fourth-order valence-electron chi connectivity index (χ4n) is 5.45. The summed E-state index contributed by atoms with van der Waals surface area (Å²) in [5, 5.41) is 31.2. The van der Waals surface area contributed by atoms with Crippen LogP contribution in [-0.4, -0.2) is 54.1 Å². The van der Waals surface area contributed by atoms with Gasteiger partial charge >= 0.3 is 0 Å². The summed E-state index contributed by atoms with van der Waals surface area (Å²) in [6.45, 7) is 7.77. The Morgan fingerprint density at radius 3 is 2.51 bits per heavy atom. The molecular weight excluding hydrogens is 523 g/mol. The van der Waals surface area contributed by atoms with Gasteiger partial charge in [-0.3, -0.25) is 4.90 Å². The van der Waals surface area contributed by atoms with Crippen molar-refractivity contribution in [2.24, 2.45) is 0 Å². The first-order valence-corrected chi connectivity index (χ1v) is 15.7. The lowest BCUT2D eigenvalue weighted by Crippen LogP contribution is -2.45. The van der Waals surface area contributed by atoms with Gasteiger partial charge in [0.05, 0.1) is 16.8 Å². The minimum atomic E-state index is 0.228. The highest BCUT2D eigenvalue weighted by Crippen LogP contribution is 2.41. The van der Waals surface area contributed by atoms with Crippen molar-refractivity contribution in [1.29, 1.82) is 10.5 Å². The van der Waals surface area contributed by atoms with E-state index in [2.05, 4.69) is 64.2 Å². The van der Waals surface area contributed by atoms with Gasteiger partial charge in [0.1, 0.15) is 28.0 Å². The van der Waals surface area contributed by atoms with Crippen LogP contribution in [0.1, 0.15) is 66.0 Å². The van der Waals surface area contributed by atoms with Crippen LogP contribution < -0.4 is 10.6 Å². The number of anilines is 1. The number of thiazole rings is 1. The van der Waals surface area contributed by atoms with E-state index in [0.717, 1.165) is 80.2 Å². The number of hydrogen-bond donors (Lipinski definition) is 2. The Labute approximate surface area is 239 Å². The van der Waals surface area contributed by atoms with Gasteiger partial charge in [-0.05, 0) is 31.2 Å². The maximum absolute atomic E-state index is 10.3. The predicted octanol–water partition coefficient (Wildman–Crippen LogP) is 5.91. The zero-order valence-electron chi connectivity index (χ0n) is 22.5. The summed E-state index contributed by atoms with van der Waals surface area (Å²) in [7, 11) is 0. The van der Waals surface area contributed by atoms with Crippen LogP contribution in [0.15, 0.2) is 34.7 Å². The molecule has 1 saturated carbocycles. The summed E-state index contributed by atoms with van der Waals surface area (Å²) in [5.74, 6) is 1.47. The van der Waals surface area contributed by atoms with E-state index in [1.165, 1.54) is 12.0 Å². The molecule has 0 spiro atoms. The molecule has 7 nitrogen and oxygen atoms in total. The van der Waals surface area contributed by atoms with Gasteiger partial charge in [-0.15, -0.1) is 11.3 Å². The van der Waals surface area contributed by atoms with Crippen LogP contribution in [-0.2, 0) is 5.75 Å². The summed E-state index contributed by atoms with van der Waals surface area (Å²) >= 11 is 3.19. The molecule has 1 aromatic carbocycles. The van der Waals surface area contributed by atoms with E-state index >= 15 is 0 Å². The summed E-state index contributed by atoms with van der Waals surface area (Å²) in [5.41, 5.74) is 5.35. The number of hydrogen-bond acceptors (Lipinski definition) is 9. The second-order valence-electron chi connectivity index (χ2n) is 10.3. The predicted molar refractivity (Wildman–Crippen MR) is 159 cm³/mol. The molecule has 3 heterocycles. The number of thioether (sulfide) groups is 1. The molecule has 202 valence electrons. The third-order valence-corrected chi connectivity index (χ3v) is 9.53. The lowest BCUT2D eigenvalue weighted by Gasteiger charge is -2.28. The van der Waals surface area contributed by atoms with Crippen molar-refractivity contribution in [3.05, 3.63) is 57.6 Å². The number of rotatable bonds is 9. The molecule has 3 aromatic rings. The molecule has 1 aliphatic heterocycles. The van der Waals surface area contributed by atoms with Crippen LogP contribution in [0.25, 0.3) is 10.6 Å². The Bertz CT molecular complexity index is 1340. The maximum atomic E-state index is 10.3. The first-order valence-electron chi connectivity index (χ1n) is 13.9. The monoisotopic (exact) mass is 557 g/mol. The Morgan fingerprint density at radius 2 is 1.79 bits per heavy atom. The summed E-state index contributed by atoms with van der Waals surface area (Å²) in [6, 6.07) is 13.3. The molecule has 2 N–H and O–H groups in total. The highest BCUT2D eigenvalue weighted by Gasteiger charge is 2.28. The second kappa shape index (κ2) is 13.4. The SMILES string of the molecule is Cc1ccc(-c2nc(CSc3nc(NCCN4CCNCC4)c(C#N)c(C4CCCCC4)c3C#N)cs2)cc1. The van der Waals surface area contributed by atoms with E-state index in [1.54, 1.807) is 23.1 Å². The molecular formula is C30H35N7S2. The van der Waals surface area contributed by atoms with E-state index in [0.29, 0.717) is 34.3 Å². The van der Waals surface area contributed by atoms with Crippen molar-refractivity contribution >= 4 is 28.9 Å². The normalized spacial score (nSPS) is 16.5. The molecule has 0 radical (unpaired) electrons. The molecule has 1 aliphatic carbocycles. The summed E-state index contributed by atoms with van der Waals surface area (Å²) < 4.78 is 0. The Kier molecular flexibility index (Phi) is 9.49. The van der Waals surface area contributed by atoms with Crippen molar-refractivity contribution in [3.8, 4) is 22.7 Å². The highest BCUT2D eigenvalue weighted by atomic mass is 32.2. The largest absolute Gasteiger partial charge is 0.368 e. The first kappa shape index (κ1) is 27.6. The van der Waals surface area contributed by atoms with Crippen LogP contribution in [0.3, 0.4) is 0 Å². The van der Waals surface area contributed by atoms with E-state index < -0.39 is 0 Å². The van der Waals surface area contributed by atoms with Gasteiger partial charge in [-0.1, -0.05) is 60.9 Å². The van der Waals surface area contributed by atoms with E-state index in [9.17, 15) is 10.5 Å². The van der Waals surface area contributed by atoms with E-state index in [4.69, 9.17) is 9.97 Å². The minimum absolute atomic E-state index is 0.228. The number of pyridine rings is 1. The molecule has 0 atom stereocenters. The van der Waals surface area contributed by atoms with E-state index in [1.807, 2.05) is 0 Å². The summed E-state index contributed by atoms with van der Waals surface area (Å²) in [6.07, 6.45) is 5.53. The number of nitrogens with one attached hydrogen (secondary N) is 2. The van der Waals surface area contributed by atoms with Crippen LogP contribution >= 0.6 is 23.1 Å². The molecule has 0 amide bonds. The molecule has 5 rings (SSSR count). The zero-order valence-corrected chi connectivity index (χ0v) is 24.1. The first-order chi connectivity index (χ1) is 19.2. The van der Waals surface area contributed by atoms with Crippen LogP contribution in [0, 0.1) is 29.6 Å². The Hall–Kier alpha value is -2.95. The number of piperazine rings is 1. The number of nitriles is 2. The lowest BCUT2D eigenvalue weighted by atomic mass is 9.80. The van der Waals surface area contributed by atoms with Crippen molar-refractivity contribution in [3.63, 3.8) is 0 Å². The molecule has 1 saturated heterocycles. The third kappa shape index (κ3) is 6.80. The molecule has 2 aliphatic rings. The number of aromatic nitrogens is 2. The molecule has 39 heavy (non-hydrogen) atoms. The van der Waals surface area contributed by atoms with Crippen LogP contribution in [0.2, 0.25) is 0 Å². The fraction of sp³-hybridized carbons (Fsp3) is 0.467. The average molecular weight is 558 g/mol. The van der Waals surface area contributed by atoms with Gasteiger partial charge in [0.2, 0.25) is 0 Å². The van der Waals surface area contributed by atoms with Crippen molar-refractivity contribution in [1.82, 2.24) is 20.2 Å². The van der Waals surface area contributed by atoms with Crippen LogP contribution in [0.5, 0.6) is 0 Å². The van der Waals surface area contributed by atoms with Gasteiger partial charge < -0.3 is 10.6 Å². The van der Waals surface area contributed by atoms with Gasteiger partial charge in [-0.25, -0.2) is 9.97 Å².